The van der Waals surface area contributed by atoms with E-state index in [-0.39, 0.29) is 0 Å². The number of halogens is 1. The van der Waals surface area contributed by atoms with Crippen molar-refractivity contribution in [3.05, 3.63) is 22.1 Å². The predicted octanol–water partition coefficient (Wildman–Crippen LogP) is 4.22. The van der Waals surface area contributed by atoms with E-state index >= 15 is 0 Å². The van der Waals surface area contributed by atoms with Crippen LogP contribution < -0.4 is 5.32 Å². The summed E-state index contributed by atoms with van der Waals surface area (Å²) < 4.78 is 4.97. The molecule has 3 aromatic rings. The van der Waals surface area contributed by atoms with Crippen molar-refractivity contribution in [2.24, 2.45) is 7.05 Å². The van der Waals surface area contributed by atoms with Crippen LogP contribution in [0.25, 0.3) is 19.8 Å². The van der Waals surface area contributed by atoms with E-state index in [1.807, 2.05) is 0 Å². The minimum Gasteiger partial charge on any atom is -0.465 e. The zero-order chi connectivity index (χ0) is 13.6. The number of thiophene rings is 2. The van der Waals surface area contributed by atoms with E-state index in [0.717, 1.165) is 14.2 Å². The van der Waals surface area contributed by atoms with E-state index in [2.05, 4.69) is 38.5 Å². The quantitative estimate of drug-likeness (QED) is 0.721. The second kappa shape index (κ2) is 4.62. The summed E-state index contributed by atoms with van der Waals surface area (Å²) in [5, 5.41) is 15.4. The highest BCUT2D eigenvalue weighted by Gasteiger charge is 2.16. The van der Waals surface area contributed by atoms with Gasteiger partial charge in [-0.2, -0.15) is 5.10 Å². The van der Waals surface area contributed by atoms with Gasteiger partial charge in [0.25, 0.3) is 0 Å². The molecule has 2 N–H and O–H groups in total. The van der Waals surface area contributed by atoms with Gasteiger partial charge in [-0.05, 0) is 28.1 Å². The summed E-state index contributed by atoms with van der Waals surface area (Å²) in [5.74, 6) is 0.487. The lowest BCUT2D eigenvalue weighted by Crippen LogP contribution is -2.11. The number of nitrogens with one attached hydrogen (secondary N) is 1. The normalized spacial score (nSPS) is 11.1. The molecule has 0 unspecified atom stereocenters. The Morgan fingerprint density at radius 3 is 2.84 bits per heavy atom. The molecule has 0 aliphatic heterocycles. The second-order valence-electron chi connectivity index (χ2n) is 3.85. The SMILES string of the molecule is Cn1ncc(-c2cc3sc(Br)cc3s2)c1NC(=O)O. The third-order valence-corrected chi connectivity index (χ3v) is 5.44. The lowest BCUT2D eigenvalue weighted by atomic mass is 10.2. The highest BCUT2D eigenvalue weighted by molar-refractivity contribution is 9.11. The molecule has 0 bridgehead atoms. The summed E-state index contributed by atoms with van der Waals surface area (Å²) in [6, 6.07) is 4.12. The van der Waals surface area contributed by atoms with E-state index < -0.39 is 6.09 Å². The third-order valence-electron chi connectivity index (χ3n) is 2.61. The molecule has 3 aromatic heterocycles. The minimum atomic E-state index is -1.09. The topological polar surface area (TPSA) is 67.2 Å². The van der Waals surface area contributed by atoms with Crippen LogP contribution in [0.2, 0.25) is 0 Å². The lowest BCUT2D eigenvalue weighted by Gasteiger charge is -2.03. The first-order chi connectivity index (χ1) is 9.04. The van der Waals surface area contributed by atoms with Crippen molar-refractivity contribution in [3.8, 4) is 10.4 Å². The average Bonchev–Trinajstić information content (AvgIpc) is 2.92. The number of aromatic nitrogens is 2. The van der Waals surface area contributed by atoms with Gasteiger partial charge in [-0.3, -0.25) is 10.00 Å². The maximum atomic E-state index is 10.8. The molecule has 0 atom stereocenters. The van der Waals surface area contributed by atoms with Crippen molar-refractivity contribution in [1.82, 2.24) is 9.78 Å². The van der Waals surface area contributed by atoms with Gasteiger partial charge in [-0.1, -0.05) is 0 Å². The second-order valence-corrected chi connectivity index (χ2v) is 7.40. The number of fused-ring (bicyclic) bond motifs is 1. The first-order valence-electron chi connectivity index (χ1n) is 5.26. The van der Waals surface area contributed by atoms with E-state index in [1.165, 1.54) is 14.1 Å². The zero-order valence-electron chi connectivity index (χ0n) is 9.68. The highest BCUT2D eigenvalue weighted by atomic mass is 79.9. The van der Waals surface area contributed by atoms with Crippen molar-refractivity contribution >= 4 is 59.9 Å². The third kappa shape index (κ3) is 2.26. The Bertz CT molecular complexity index is 743. The number of anilines is 1. The molecule has 0 saturated carbocycles. The van der Waals surface area contributed by atoms with E-state index in [0.29, 0.717) is 5.82 Å². The molecule has 98 valence electrons. The highest BCUT2D eigenvalue weighted by Crippen LogP contribution is 2.41. The summed E-state index contributed by atoms with van der Waals surface area (Å²) in [5.41, 5.74) is 0.800. The fourth-order valence-electron chi connectivity index (χ4n) is 1.81. The van der Waals surface area contributed by atoms with Crippen LogP contribution in [0.4, 0.5) is 10.6 Å². The van der Waals surface area contributed by atoms with Crippen molar-refractivity contribution in [1.29, 1.82) is 0 Å². The van der Waals surface area contributed by atoms with Gasteiger partial charge in [0.05, 0.1) is 15.5 Å². The maximum Gasteiger partial charge on any atom is 0.410 e. The smallest absolute Gasteiger partial charge is 0.410 e. The van der Waals surface area contributed by atoms with Gasteiger partial charge in [-0.25, -0.2) is 4.79 Å². The largest absolute Gasteiger partial charge is 0.465 e. The Labute approximate surface area is 124 Å². The predicted molar refractivity (Wildman–Crippen MR) is 81.3 cm³/mol. The number of carbonyl (C=O) groups is 1. The summed E-state index contributed by atoms with van der Waals surface area (Å²) in [4.78, 5) is 11.8. The van der Waals surface area contributed by atoms with Crippen molar-refractivity contribution in [2.75, 3.05) is 5.32 Å². The summed E-state index contributed by atoms with van der Waals surface area (Å²) in [6.45, 7) is 0. The van der Waals surface area contributed by atoms with E-state index in [1.54, 1.807) is 35.9 Å². The van der Waals surface area contributed by atoms with Gasteiger partial charge in [0.1, 0.15) is 5.82 Å². The van der Waals surface area contributed by atoms with Gasteiger partial charge in [0.2, 0.25) is 0 Å². The monoisotopic (exact) mass is 357 g/mol. The zero-order valence-corrected chi connectivity index (χ0v) is 12.9. The number of aryl methyl sites for hydroxylation is 1. The van der Waals surface area contributed by atoms with Crippen LogP contribution in [0.3, 0.4) is 0 Å². The van der Waals surface area contributed by atoms with Gasteiger partial charge in [0, 0.05) is 21.3 Å². The molecule has 0 saturated heterocycles. The van der Waals surface area contributed by atoms with Crippen LogP contribution in [0.1, 0.15) is 0 Å². The van der Waals surface area contributed by atoms with Gasteiger partial charge in [0.15, 0.2) is 0 Å². The van der Waals surface area contributed by atoms with Crippen molar-refractivity contribution in [3.63, 3.8) is 0 Å². The Balaban J connectivity index is 2.10. The summed E-state index contributed by atoms with van der Waals surface area (Å²) in [6.07, 6.45) is 0.585. The van der Waals surface area contributed by atoms with Gasteiger partial charge >= 0.3 is 6.09 Å². The van der Waals surface area contributed by atoms with Crippen LogP contribution >= 0.6 is 38.6 Å². The number of hydrogen-bond donors (Lipinski definition) is 2. The molecule has 0 spiro atoms. The Kier molecular flexibility index (Phi) is 3.08. The van der Waals surface area contributed by atoms with Crippen molar-refractivity contribution < 1.29 is 9.90 Å². The van der Waals surface area contributed by atoms with Crippen LogP contribution in [-0.4, -0.2) is 21.0 Å². The molecule has 3 rings (SSSR count). The van der Waals surface area contributed by atoms with Crippen LogP contribution in [0, 0.1) is 0 Å². The van der Waals surface area contributed by atoms with Gasteiger partial charge in [-0.15, -0.1) is 22.7 Å². The number of amides is 1. The first-order valence-corrected chi connectivity index (χ1v) is 7.68. The van der Waals surface area contributed by atoms with Gasteiger partial charge < -0.3 is 5.11 Å². The number of rotatable bonds is 2. The van der Waals surface area contributed by atoms with E-state index in [4.69, 9.17) is 5.11 Å². The fraction of sp³-hybridized carbons (Fsp3) is 0.0909. The number of nitrogens with zero attached hydrogens (tertiary/aromatic N) is 2. The molecule has 0 radical (unpaired) electrons. The summed E-state index contributed by atoms with van der Waals surface area (Å²) >= 11 is 6.73. The molecule has 5 nitrogen and oxygen atoms in total. The van der Waals surface area contributed by atoms with Crippen LogP contribution in [0.5, 0.6) is 0 Å². The molecule has 3 heterocycles. The lowest BCUT2D eigenvalue weighted by molar-refractivity contribution is 0.209. The molecule has 0 aromatic carbocycles. The fourth-order valence-corrected chi connectivity index (χ4v) is 4.84. The molecular formula is C11H8BrN3O2S2. The number of carboxylic acid groups (broad SMARTS) is 1. The Morgan fingerprint density at radius 1 is 1.42 bits per heavy atom. The standard InChI is InChI=1S/C11H8BrN3O2S2/c1-15-10(14-11(16)17)5(4-13-15)6-2-7-8(18-6)3-9(12)19-7/h2-4,14H,1H3,(H,16,17). The maximum absolute atomic E-state index is 10.8. The Morgan fingerprint density at radius 2 is 2.16 bits per heavy atom. The molecule has 0 fully saturated rings. The molecular weight excluding hydrogens is 350 g/mol. The van der Waals surface area contributed by atoms with Crippen LogP contribution in [0.15, 0.2) is 22.1 Å². The summed E-state index contributed by atoms with van der Waals surface area (Å²) in [7, 11) is 1.71. The Hall–Kier alpha value is -1.38. The molecule has 1 amide bonds. The molecule has 0 aliphatic rings. The molecule has 8 heteroatoms. The first kappa shape index (κ1) is 12.6. The van der Waals surface area contributed by atoms with Crippen LogP contribution in [-0.2, 0) is 7.05 Å². The van der Waals surface area contributed by atoms with Crippen molar-refractivity contribution in [2.45, 2.75) is 0 Å². The minimum absolute atomic E-state index is 0.487. The number of hydrogen-bond acceptors (Lipinski definition) is 4. The average molecular weight is 358 g/mol. The van der Waals surface area contributed by atoms with E-state index in [9.17, 15) is 4.79 Å². The molecule has 0 aliphatic carbocycles. The molecule has 19 heavy (non-hydrogen) atoms.